The summed E-state index contributed by atoms with van der Waals surface area (Å²) in [5, 5.41) is 3.02. The molecule has 0 aliphatic heterocycles. The highest BCUT2D eigenvalue weighted by molar-refractivity contribution is 9.10. The van der Waals surface area contributed by atoms with Gasteiger partial charge in [0.05, 0.1) is 16.7 Å². The molecule has 0 spiro atoms. The summed E-state index contributed by atoms with van der Waals surface area (Å²) in [5.41, 5.74) is 2.28. The smallest absolute Gasteiger partial charge is 0.348 e. The lowest BCUT2D eigenvalue weighted by molar-refractivity contribution is 0.688. The van der Waals surface area contributed by atoms with Gasteiger partial charge in [-0.05, 0) is 35.8 Å². The van der Waals surface area contributed by atoms with Gasteiger partial charge in [-0.2, -0.15) is 4.98 Å². The second-order valence-corrected chi connectivity index (χ2v) is 5.02. The first kappa shape index (κ1) is 13.7. The van der Waals surface area contributed by atoms with Crippen molar-refractivity contribution in [2.24, 2.45) is 0 Å². The summed E-state index contributed by atoms with van der Waals surface area (Å²) in [6.45, 7) is 4.15. The third-order valence-electron chi connectivity index (χ3n) is 2.99. The molecule has 2 aromatic rings. The van der Waals surface area contributed by atoms with Gasteiger partial charge in [-0.25, -0.2) is 9.78 Å². The second kappa shape index (κ2) is 5.52. The lowest BCUT2D eigenvalue weighted by Crippen LogP contribution is -2.27. The van der Waals surface area contributed by atoms with Gasteiger partial charge in [0.25, 0.3) is 0 Å². The fourth-order valence-electron chi connectivity index (χ4n) is 1.92. The lowest BCUT2D eigenvalue weighted by Gasteiger charge is -2.14. The molecule has 0 aromatic carbocycles. The summed E-state index contributed by atoms with van der Waals surface area (Å²) < 4.78 is 2.50. The molecule has 0 bridgehead atoms. The summed E-state index contributed by atoms with van der Waals surface area (Å²) in [5.74, 6) is 0.769. The monoisotopic (exact) mass is 322 g/mol. The minimum Gasteiger partial charge on any atom is -0.373 e. The van der Waals surface area contributed by atoms with Crippen molar-refractivity contribution in [1.29, 1.82) is 0 Å². The van der Waals surface area contributed by atoms with E-state index in [1.807, 2.05) is 33.0 Å². The van der Waals surface area contributed by atoms with Crippen LogP contribution in [0.3, 0.4) is 0 Å². The van der Waals surface area contributed by atoms with E-state index >= 15 is 0 Å². The lowest BCUT2D eigenvalue weighted by atomic mass is 10.2. The van der Waals surface area contributed by atoms with Gasteiger partial charge in [0, 0.05) is 24.5 Å². The van der Waals surface area contributed by atoms with Crippen molar-refractivity contribution in [3.63, 3.8) is 0 Å². The molecule has 100 valence electrons. The molecule has 0 fully saturated rings. The number of nitrogens with zero attached hydrogens (tertiary/aromatic N) is 3. The number of anilines is 1. The molecule has 0 radical (unpaired) electrons. The Labute approximate surface area is 119 Å². The van der Waals surface area contributed by atoms with E-state index in [0.717, 1.165) is 21.5 Å². The van der Waals surface area contributed by atoms with Crippen LogP contribution in [0.4, 0.5) is 5.82 Å². The van der Waals surface area contributed by atoms with E-state index in [-0.39, 0.29) is 5.69 Å². The van der Waals surface area contributed by atoms with Crippen LogP contribution in [0, 0.1) is 13.8 Å². The Kier molecular flexibility index (Phi) is 3.99. The van der Waals surface area contributed by atoms with Crippen molar-refractivity contribution in [3.8, 4) is 0 Å². The first-order valence-corrected chi connectivity index (χ1v) is 6.69. The Morgan fingerprint density at radius 3 is 2.84 bits per heavy atom. The molecule has 2 rings (SSSR count). The van der Waals surface area contributed by atoms with E-state index in [9.17, 15) is 4.79 Å². The molecule has 0 atom stereocenters. The highest BCUT2D eigenvalue weighted by Crippen LogP contribution is 2.19. The first-order chi connectivity index (χ1) is 9.04. The van der Waals surface area contributed by atoms with E-state index in [1.54, 1.807) is 10.8 Å². The molecule has 0 unspecified atom stereocenters. The highest BCUT2D eigenvalue weighted by Gasteiger charge is 2.11. The van der Waals surface area contributed by atoms with E-state index in [0.29, 0.717) is 12.2 Å². The van der Waals surface area contributed by atoms with Crippen LogP contribution < -0.4 is 11.0 Å². The number of aryl methyl sites for hydroxylation is 1. The van der Waals surface area contributed by atoms with Gasteiger partial charge in [0.1, 0.15) is 5.82 Å². The maximum absolute atomic E-state index is 12.0. The predicted octanol–water partition coefficient (Wildman–Crippen LogP) is 2.11. The first-order valence-electron chi connectivity index (χ1n) is 5.89. The molecule has 2 aromatic heterocycles. The fraction of sp³-hybridized carbons (Fsp3) is 0.308. The normalized spacial score (nSPS) is 10.5. The average molecular weight is 323 g/mol. The Morgan fingerprint density at radius 2 is 2.16 bits per heavy atom. The Hall–Kier alpha value is -1.69. The van der Waals surface area contributed by atoms with Gasteiger partial charge < -0.3 is 5.32 Å². The van der Waals surface area contributed by atoms with Crippen LogP contribution in [-0.2, 0) is 6.54 Å². The minimum absolute atomic E-state index is 0.246. The van der Waals surface area contributed by atoms with Crippen LogP contribution in [0.25, 0.3) is 0 Å². The number of pyridine rings is 1. The summed E-state index contributed by atoms with van der Waals surface area (Å²) in [4.78, 5) is 20.2. The Bertz CT molecular complexity index is 666. The molecule has 1 N–H and O–H groups in total. The van der Waals surface area contributed by atoms with Gasteiger partial charge in [0.15, 0.2) is 0 Å². The zero-order chi connectivity index (χ0) is 14.0. The van der Waals surface area contributed by atoms with E-state index in [2.05, 4.69) is 31.2 Å². The number of aromatic nitrogens is 3. The number of rotatable bonds is 3. The van der Waals surface area contributed by atoms with Gasteiger partial charge >= 0.3 is 5.69 Å². The molecule has 2 heterocycles. The van der Waals surface area contributed by atoms with E-state index in [4.69, 9.17) is 0 Å². The van der Waals surface area contributed by atoms with Crippen LogP contribution in [0.2, 0.25) is 0 Å². The largest absolute Gasteiger partial charge is 0.373 e. The Morgan fingerprint density at radius 1 is 1.42 bits per heavy atom. The van der Waals surface area contributed by atoms with Crippen LogP contribution in [0.5, 0.6) is 0 Å². The van der Waals surface area contributed by atoms with Gasteiger partial charge in [-0.3, -0.25) is 4.57 Å². The number of hydrogen-bond acceptors (Lipinski definition) is 4. The summed E-state index contributed by atoms with van der Waals surface area (Å²) in [6.07, 6.45) is 1.72. The van der Waals surface area contributed by atoms with Gasteiger partial charge in [0.2, 0.25) is 0 Å². The molecule has 0 saturated heterocycles. The van der Waals surface area contributed by atoms with Crippen molar-refractivity contribution in [3.05, 3.63) is 50.2 Å². The maximum Gasteiger partial charge on any atom is 0.348 e. The molecular formula is C13H15BrN4O. The molecule has 19 heavy (non-hydrogen) atoms. The number of halogens is 1. The topological polar surface area (TPSA) is 59.8 Å². The van der Waals surface area contributed by atoms with Crippen molar-refractivity contribution in [2.75, 3.05) is 12.4 Å². The zero-order valence-electron chi connectivity index (χ0n) is 11.1. The van der Waals surface area contributed by atoms with Gasteiger partial charge in [-0.1, -0.05) is 6.07 Å². The van der Waals surface area contributed by atoms with Crippen molar-refractivity contribution < 1.29 is 0 Å². The van der Waals surface area contributed by atoms with Crippen LogP contribution >= 0.6 is 15.9 Å². The standard InChI is InChI=1S/C13H15BrN4O/c1-8-11(14)9(2)18(13(19)17-8)7-10-5-4-6-16-12(10)15-3/h4-6H,7H2,1-3H3,(H,15,16). The molecular weight excluding hydrogens is 308 g/mol. The fourth-order valence-corrected chi connectivity index (χ4v) is 2.23. The number of hydrogen-bond donors (Lipinski definition) is 1. The van der Waals surface area contributed by atoms with Crippen molar-refractivity contribution in [2.45, 2.75) is 20.4 Å². The second-order valence-electron chi connectivity index (χ2n) is 4.23. The van der Waals surface area contributed by atoms with Crippen LogP contribution in [0.1, 0.15) is 17.0 Å². The molecule has 5 nitrogen and oxygen atoms in total. The highest BCUT2D eigenvalue weighted by atomic mass is 79.9. The molecule has 0 amide bonds. The molecule has 0 saturated carbocycles. The minimum atomic E-state index is -0.246. The van der Waals surface area contributed by atoms with E-state index in [1.165, 1.54) is 0 Å². The third kappa shape index (κ3) is 2.68. The summed E-state index contributed by atoms with van der Waals surface area (Å²) in [7, 11) is 1.81. The van der Waals surface area contributed by atoms with Gasteiger partial charge in [-0.15, -0.1) is 0 Å². The van der Waals surface area contributed by atoms with Crippen molar-refractivity contribution >= 4 is 21.7 Å². The zero-order valence-corrected chi connectivity index (χ0v) is 12.7. The Balaban J connectivity index is 2.50. The number of nitrogens with one attached hydrogen (secondary N) is 1. The average Bonchev–Trinajstić information content (AvgIpc) is 2.41. The summed E-state index contributed by atoms with van der Waals surface area (Å²) in [6, 6.07) is 3.80. The maximum atomic E-state index is 12.0. The van der Waals surface area contributed by atoms with Crippen LogP contribution in [-0.4, -0.2) is 21.6 Å². The van der Waals surface area contributed by atoms with E-state index < -0.39 is 0 Å². The molecule has 6 heteroatoms. The molecule has 0 aliphatic rings. The SMILES string of the molecule is CNc1ncccc1Cn1c(C)c(Br)c(C)nc1=O. The van der Waals surface area contributed by atoms with Crippen molar-refractivity contribution in [1.82, 2.24) is 14.5 Å². The predicted molar refractivity (Wildman–Crippen MR) is 78.6 cm³/mol. The summed E-state index contributed by atoms with van der Waals surface area (Å²) >= 11 is 3.46. The van der Waals surface area contributed by atoms with Crippen LogP contribution in [0.15, 0.2) is 27.6 Å². The quantitative estimate of drug-likeness (QED) is 0.940. The molecule has 0 aliphatic carbocycles. The third-order valence-corrected chi connectivity index (χ3v) is 4.14.